The maximum absolute atomic E-state index is 5.72. The van der Waals surface area contributed by atoms with Crippen molar-refractivity contribution >= 4 is 8.32 Å². The zero-order valence-corrected chi connectivity index (χ0v) is 26.7. The van der Waals surface area contributed by atoms with Crippen molar-refractivity contribution in [2.45, 2.75) is 110 Å². The first-order valence-corrected chi connectivity index (χ1v) is 19.1. The van der Waals surface area contributed by atoms with Gasteiger partial charge in [0.1, 0.15) is 0 Å². The summed E-state index contributed by atoms with van der Waals surface area (Å²) in [5.41, 5.74) is 0. The Kier molecular flexibility index (Phi) is 31.4. The molecule has 0 N–H and O–H groups in total. The van der Waals surface area contributed by atoms with Crippen LogP contribution in [0.1, 0.15) is 90.4 Å². The number of hydrogen-bond donors (Lipinski definition) is 0. The molecule has 0 heterocycles. The minimum absolute atomic E-state index is 0.565. The van der Waals surface area contributed by atoms with Crippen molar-refractivity contribution in [1.29, 1.82) is 0 Å². The standard InChI is InChI=1S/C30H64O7Si/c1-5-6-7-8-9-10-11-12-13-14-15-16-17-18-31-19-20-32-21-22-33-23-24-34-25-26-35-27-28-36-29-30-37-38(2,3)4/h5-30H2,1-4H3. The van der Waals surface area contributed by atoms with Gasteiger partial charge in [-0.1, -0.05) is 84.0 Å². The van der Waals surface area contributed by atoms with Gasteiger partial charge in [0.25, 0.3) is 0 Å². The quantitative estimate of drug-likeness (QED) is 0.0626. The topological polar surface area (TPSA) is 64.6 Å². The molecule has 0 bridgehead atoms. The van der Waals surface area contributed by atoms with Crippen LogP contribution in [0.15, 0.2) is 0 Å². The fraction of sp³-hybridized carbons (Fsp3) is 1.00. The van der Waals surface area contributed by atoms with Crippen molar-refractivity contribution in [2.24, 2.45) is 0 Å². The lowest BCUT2D eigenvalue weighted by Crippen LogP contribution is -2.27. The van der Waals surface area contributed by atoms with E-state index in [1.807, 2.05) is 0 Å². The summed E-state index contributed by atoms with van der Waals surface area (Å²) in [5.74, 6) is 0. The van der Waals surface area contributed by atoms with E-state index < -0.39 is 8.32 Å². The Labute approximate surface area is 237 Å². The molecule has 0 aromatic heterocycles. The maximum Gasteiger partial charge on any atom is 0.183 e. The zero-order chi connectivity index (χ0) is 27.8. The van der Waals surface area contributed by atoms with E-state index >= 15 is 0 Å². The molecule has 0 spiro atoms. The first-order chi connectivity index (χ1) is 18.6. The summed E-state index contributed by atoms with van der Waals surface area (Å²) < 4.78 is 38.9. The molecule has 0 aliphatic carbocycles. The van der Waals surface area contributed by atoms with Gasteiger partial charge in [0, 0.05) is 6.61 Å². The minimum atomic E-state index is -1.43. The highest BCUT2D eigenvalue weighted by Gasteiger charge is 2.13. The summed E-state index contributed by atoms with van der Waals surface area (Å²) in [6, 6.07) is 0. The van der Waals surface area contributed by atoms with Gasteiger partial charge < -0.3 is 32.8 Å². The Hall–Kier alpha value is -0.0631. The molecule has 0 unspecified atom stereocenters. The van der Waals surface area contributed by atoms with E-state index in [9.17, 15) is 0 Å². The van der Waals surface area contributed by atoms with E-state index in [0.717, 1.165) is 13.0 Å². The summed E-state index contributed by atoms with van der Waals surface area (Å²) in [4.78, 5) is 0. The van der Waals surface area contributed by atoms with Gasteiger partial charge in [-0.05, 0) is 26.1 Å². The number of ether oxygens (including phenoxy) is 6. The number of unbranched alkanes of at least 4 members (excludes halogenated alkanes) is 12. The van der Waals surface area contributed by atoms with Crippen LogP contribution >= 0.6 is 0 Å². The minimum Gasteiger partial charge on any atom is -0.415 e. The van der Waals surface area contributed by atoms with Crippen LogP contribution in [0, 0.1) is 0 Å². The molecule has 7 nitrogen and oxygen atoms in total. The van der Waals surface area contributed by atoms with Crippen LogP contribution in [-0.4, -0.2) is 94.2 Å². The molecule has 230 valence electrons. The maximum atomic E-state index is 5.72. The van der Waals surface area contributed by atoms with Gasteiger partial charge in [0.05, 0.1) is 79.3 Å². The zero-order valence-electron chi connectivity index (χ0n) is 25.7. The summed E-state index contributed by atoms with van der Waals surface area (Å²) in [6.07, 6.45) is 17.9. The Morgan fingerprint density at radius 3 is 0.895 bits per heavy atom. The average Bonchev–Trinajstić information content (AvgIpc) is 2.88. The van der Waals surface area contributed by atoms with E-state index in [0.29, 0.717) is 79.3 Å². The molecule has 0 saturated carbocycles. The SMILES string of the molecule is CCCCCCCCCCCCCCCOCCOCCOCCOCCOCCOCCO[Si](C)(C)C. The van der Waals surface area contributed by atoms with E-state index in [1.165, 1.54) is 77.0 Å². The molecule has 0 aromatic rings. The Morgan fingerprint density at radius 1 is 0.316 bits per heavy atom. The van der Waals surface area contributed by atoms with Crippen LogP contribution in [0.5, 0.6) is 0 Å². The molecular formula is C30H64O7Si. The summed E-state index contributed by atoms with van der Waals surface area (Å²) in [5, 5.41) is 0. The van der Waals surface area contributed by atoms with Gasteiger partial charge in [-0.25, -0.2) is 0 Å². The normalized spacial score (nSPS) is 12.0. The van der Waals surface area contributed by atoms with Crippen LogP contribution in [0.25, 0.3) is 0 Å². The smallest absolute Gasteiger partial charge is 0.183 e. The van der Waals surface area contributed by atoms with Crippen LogP contribution in [0.2, 0.25) is 19.6 Å². The molecule has 0 radical (unpaired) electrons. The molecular weight excluding hydrogens is 500 g/mol. The molecule has 0 atom stereocenters. The van der Waals surface area contributed by atoms with E-state index in [4.69, 9.17) is 32.8 Å². The van der Waals surface area contributed by atoms with E-state index in [-0.39, 0.29) is 0 Å². The number of hydrogen-bond acceptors (Lipinski definition) is 7. The van der Waals surface area contributed by atoms with Crippen molar-refractivity contribution in [3.63, 3.8) is 0 Å². The number of rotatable bonds is 33. The van der Waals surface area contributed by atoms with Crippen molar-refractivity contribution < 1.29 is 32.8 Å². The fourth-order valence-corrected chi connectivity index (χ4v) is 4.53. The fourth-order valence-electron chi connectivity index (χ4n) is 3.83. The molecule has 0 rings (SSSR count). The molecule has 8 heteroatoms. The average molecular weight is 565 g/mol. The lowest BCUT2D eigenvalue weighted by Gasteiger charge is -2.16. The second-order valence-electron chi connectivity index (χ2n) is 10.9. The third-order valence-corrected chi connectivity index (χ3v) is 7.09. The summed E-state index contributed by atoms with van der Waals surface area (Å²) in [6.45, 7) is 16.8. The van der Waals surface area contributed by atoms with Crippen molar-refractivity contribution in [2.75, 3.05) is 85.9 Å². The van der Waals surface area contributed by atoms with Gasteiger partial charge in [-0.2, -0.15) is 0 Å². The van der Waals surface area contributed by atoms with Crippen molar-refractivity contribution in [1.82, 2.24) is 0 Å². The lowest BCUT2D eigenvalue weighted by molar-refractivity contribution is -0.0180. The van der Waals surface area contributed by atoms with Crippen LogP contribution in [0.3, 0.4) is 0 Å². The summed E-state index contributed by atoms with van der Waals surface area (Å²) in [7, 11) is -1.43. The van der Waals surface area contributed by atoms with Gasteiger partial charge in [0.15, 0.2) is 8.32 Å². The van der Waals surface area contributed by atoms with Crippen LogP contribution in [-0.2, 0) is 32.8 Å². The second kappa shape index (κ2) is 31.5. The van der Waals surface area contributed by atoms with E-state index in [2.05, 4.69) is 26.6 Å². The monoisotopic (exact) mass is 564 g/mol. The first kappa shape index (κ1) is 37.9. The largest absolute Gasteiger partial charge is 0.415 e. The predicted molar refractivity (Wildman–Crippen MR) is 160 cm³/mol. The highest BCUT2D eigenvalue weighted by Crippen LogP contribution is 2.12. The van der Waals surface area contributed by atoms with E-state index in [1.54, 1.807) is 0 Å². The van der Waals surface area contributed by atoms with Crippen molar-refractivity contribution in [3.8, 4) is 0 Å². The highest BCUT2D eigenvalue weighted by atomic mass is 28.4. The third kappa shape index (κ3) is 35.9. The molecule has 0 aliphatic heterocycles. The molecule has 0 amide bonds. The lowest BCUT2D eigenvalue weighted by atomic mass is 10.0. The molecule has 0 fully saturated rings. The molecule has 38 heavy (non-hydrogen) atoms. The highest BCUT2D eigenvalue weighted by molar-refractivity contribution is 6.69. The van der Waals surface area contributed by atoms with Crippen LogP contribution in [0.4, 0.5) is 0 Å². The summed E-state index contributed by atoms with van der Waals surface area (Å²) >= 11 is 0. The first-order valence-electron chi connectivity index (χ1n) is 15.7. The van der Waals surface area contributed by atoms with Gasteiger partial charge in [0.2, 0.25) is 0 Å². The molecule has 0 aromatic carbocycles. The van der Waals surface area contributed by atoms with Crippen molar-refractivity contribution in [3.05, 3.63) is 0 Å². The molecule has 0 aliphatic rings. The Balaban J connectivity index is 3.04. The Morgan fingerprint density at radius 2 is 0.579 bits per heavy atom. The predicted octanol–water partition coefficient (Wildman–Crippen LogP) is 7.03. The molecule has 0 saturated heterocycles. The Bertz CT molecular complexity index is 435. The second-order valence-corrected chi connectivity index (χ2v) is 15.4. The third-order valence-electron chi connectivity index (χ3n) is 6.02. The van der Waals surface area contributed by atoms with Gasteiger partial charge >= 0.3 is 0 Å². The van der Waals surface area contributed by atoms with Gasteiger partial charge in [-0.15, -0.1) is 0 Å². The van der Waals surface area contributed by atoms with Gasteiger partial charge in [-0.3, -0.25) is 0 Å². The van der Waals surface area contributed by atoms with Crippen LogP contribution < -0.4 is 0 Å².